The molecule has 0 fully saturated rings. The number of amides is 2. The summed E-state index contributed by atoms with van der Waals surface area (Å²) in [7, 11) is 0. The maximum absolute atomic E-state index is 11.8. The minimum absolute atomic E-state index is 0.101. The molecule has 5 nitrogen and oxygen atoms in total. The van der Waals surface area contributed by atoms with E-state index in [4.69, 9.17) is 28.3 Å². The average Bonchev–Trinajstić information content (AvgIpc) is 2.51. The van der Waals surface area contributed by atoms with Gasteiger partial charge in [0.15, 0.2) is 0 Å². The van der Waals surface area contributed by atoms with E-state index in [0.29, 0.717) is 11.0 Å². The molecule has 1 N–H and O–H groups in total. The summed E-state index contributed by atoms with van der Waals surface area (Å²) < 4.78 is 0. The maximum Gasteiger partial charge on any atom is 0.329 e. The fourth-order valence-corrected chi connectivity index (χ4v) is 1.85. The number of carboxylic acid groups (broad SMARTS) is 1. The third-order valence-electron chi connectivity index (χ3n) is 2.33. The molecule has 0 saturated heterocycles. The van der Waals surface area contributed by atoms with Gasteiger partial charge in [0, 0.05) is 12.3 Å². The Morgan fingerprint density at radius 3 is 1.94 bits per heavy atom. The maximum atomic E-state index is 11.8. The number of aliphatic carboxylic acids is 1. The molecule has 1 aliphatic rings. The molecule has 2 rings (SSSR count). The summed E-state index contributed by atoms with van der Waals surface area (Å²) >= 11 is 11.5. The molecular weight excluding hydrogens is 281 g/mol. The van der Waals surface area contributed by atoms with Crippen LogP contribution in [0.4, 0.5) is 0 Å². The van der Waals surface area contributed by atoms with Crippen LogP contribution in [0.5, 0.6) is 0 Å². The van der Waals surface area contributed by atoms with E-state index in [1.165, 1.54) is 12.1 Å². The molecular formula is C11H5Cl2NO4. The van der Waals surface area contributed by atoms with Gasteiger partial charge < -0.3 is 5.11 Å². The van der Waals surface area contributed by atoms with E-state index < -0.39 is 17.8 Å². The van der Waals surface area contributed by atoms with Crippen molar-refractivity contribution in [3.63, 3.8) is 0 Å². The number of fused-ring (bicyclic) bond motifs is 1. The Balaban J connectivity index is 2.47. The number of hydrogen-bond acceptors (Lipinski definition) is 3. The minimum Gasteiger partial charge on any atom is -0.478 e. The van der Waals surface area contributed by atoms with E-state index in [2.05, 4.69) is 0 Å². The summed E-state index contributed by atoms with van der Waals surface area (Å²) in [5.41, 5.74) is 0.203. The molecule has 0 aromatic heterocycles. The van der Waals surface area contributed by atoms with Gasteiger partial charge in [-0.25, -0.2) is 9.69 Å². The van der Waals surface area contributed by atoms with Crippen molar-refractivity contribution in [3.05, 3.63) is 45.6 Å². The Kier molecular flexibility index (Phi) is 3.11. The highest BCUT2D eigenvalue weighted by molar-refractivity contribution is 6.43. The number of carbonyl (C=O) groups is 3. The second-order valence-electron chi connectivity index (χ2n) is 3.45. The number of imide groups is 1. The third kappa shape index (κ3) is 1.98. The number of hydrogen-bond donors (Lipinski definition) is 1. The Labute approximate surface area is 111 Å². The van der Waals surface area contributed by atoms with Gasteiger partial charge in [-0.1, -0.05) is 23.2 Å². The van der Waals surface area contributed by atoms with Gasteiger partial charge in [0.05, 0.1) is 21.2 Å². The Bertz CT molecular complexity index is 568. The molecule has 1 aromatic carbocycles. The van der Waals surface area contributed by atoms with E-state index in [9.17, 15) is 14.4 Å². The molecule has 0 atom stereocenters. The molecule has 0 aliphatic carbocycles. The second kappa shape index (κ2) is 4.44. The summed E-state index contributed by atoms with van der Waals surface area (Å²) in [5.74, 6) is -2.53. The zero-order chi connectivity index (χ0) is 13.4. The van der Waals surface area contributed by atoms with Gasteiger partial charge in [0.1, 0.15) is 0 Å². The second-order valence-corrected chi connectivity index (χ2v) is 4.26. The third-order valence-corrected chi connectivity index (χ3v) is 3.05. The van der Waals surface area contributed by atoms with E-state index in [0.717, 1.165) is 6.20 Å². The van der Waals surface area contributed by atoms with Crippen molar-refractivity contribution < 1.29 is 19.5 Å². The van der Waals surface area contributed by atoms with Crippen molar-refractivity contribution in [1.29, 1.82) is 0 Å². The van der Waals surface area contributed by atoms with Crippen LogP contribution in [0.3, 0.4) is 0 Å². The largest absolute Gasteiger partial charge is 0.478 e. The molecule has 92 valence electrons. The monoisotopic (exact) mass is 285 g/mol. The van der Waals surface area contributed by atoms with Crippen LogP contribution >= 0.6 is 23.2 Å². The van der Waals surface area contributed by atoms with Crippen molar-refractivity contribution in [2.75, 3.05) is 0 Å². The summed E-state index contributed by atoms with van der Waals surface area (Å²) in [4.78, 5) is 34.8. The number of carboxylic acids is 1. The van der Waals surface area contributed by atoms with Gasteiger partial charge in [-0.2, -0.15) is 0 Å². The minimum atomic E-state index is -1.26. The molecule has 0 saturated carbocycles. The summed E-state index contributed by atoms with van der Waals surface area (Å²) in [5, 5.41) is 8.78. The van der Waals surface area contributed by atoms with Gasteiger partial charge in [-0.3, -0.25) is 9.59 Å². The lowest BCUT2D eigenvalue weighted by Gasteiger charge is -2.05. The summed E-state index contributed by atoms with van der Waals surface area (Å²) in [6, 6.07) is 2.57. The van der Waals surface area contributed by atoms with Crippen molar-refractivity contribution in [1.82, 2.24) is 4.90 Å². The smallest absolute Gasteiger partial charge is 0.329 e. The zero-order valence-electron chi connectivity index (χ0n) is 8.68. The lowest BCUT2D eigenvalue weighted by Crippen LogP contribution is -2.23. The van der Waals surface area contributed by atoms with Crippen molar-refractivity contribution in [3.8, 4) is 0 Å². The highest BCUT2D eigenvalue weighted by Gasteiger charge is 2.35. The standard InChI is InChI=1S/C11H5Cl2NO4/c12-7-3-5-6(4-8(7)13)11(18)14(10(5)17)2-1-9(15)16/h1-4H,(H,15,16)/b2-1+. The van der Waals surface area contributed by atoms with Crippen LogP contribution in [-0.4, -0.2) is 27.8 Å². The van der Waals surface area contributed by atoms with Gasteiger partial charge in [0.25, 0.3) is 11.8 Å². The predicted octanol–water partition coefficient (Wildman–Crippen LogP) is 2.19. The lowest BCUT2D eigenvalue weighted by atomic mass is 10.1. The normalized spacial score (nSPS) is 14.4. The summed E-state index contributed by atoms with van der Waals surface area (Å²) in [6.07, 6.45) is 1.60. The summed E-state index contributed by atoms with van der Waals surface area (Å²) in [6.45, 7) is 0. The van der Waals surface area contributed by atoms with Crippen molar-refractivity contribution >= 4 is 41.0 Å². The van der Waals surface area contributed by atoms with E-state index in [-0.39, 0.29) is 21.2 Å². The average molecular weight is 286 g/mol. The van der Waals surface area contributed by atoms with Gasteiger partial charge in [0.2, 0.25) is 0 Å². The quantitative estimate of drug-likeness (QED) is 0.668. The number of carbonyl (C=O) groups excluding carboxylic acids is 2. The van der Waals surface area contributed by atoms with Crippen LogP contribution in [-0.2, 0) is 4.79 Å². The van der Waals surface area contributed by atoms with Crippen LogP contribution in [0.1, 0.15) is 20.7 Å². The number of rotatable bonds is 2. The first kappa shape index (κ1) is 12.6. The van der Waals surface area contributed by atoms with Crippen LogP contribution in [0.2, 0.25) is 10.0 Å². The highest BCUT2D eigenvalue weighted by atomic mass is 35.5. The van der Waals surface area contributed by atoms with Crippen LogP contribution in [0.25, 0.3) is 0 Å². The fraction of sp³-hybridized carbons (Fsp3) is 0. The fourth-order valence-electron chi connectivity index (χ4n) is 1.53. The number of nitrogens with zero attached hydrogens (tertiary/aromatic N) is 1. The molecule has 7 heteroatoms. The van der Waals surface area contributed by atoms with Gasteiger partial charge in [-0.05, 0) is 12.1 Å². The van der Waals surface area contributed by atoms with E-state index in [1.54, 1.807) is 0 Å². The predicted molar refractivity (Wildman–Crippen MR) is 63.7 cm³/mol. The van der Waals surface area contributed by atoms with E-state index in [1.807, 2.05) is 0 Å². The lowest BCUT2D eigenvalue weighted by molar-refractivity contribution is -0.131. The van der Waals surface area contributed by atoms with Crippen LogP contribution < -0.4 is 0 Å². The molecule has 1 aromatic rings. The van der Waals surface area contributed by atoms with Crippen molar-refractivity contribution in [2.45, 2.75) is 0 Å². The zero-order valence-corrected chi connectivity index (χ0v) is 10.2. The van der Waals surface area contributed by atoms with Crippen LogP contribution in [0.15, 0.2) is 24.4 Å². The molecule has 0 bridgehead atoms. The SMILES string of the molecule is O=C(O)/C=C/N1C(=O)c2cc(Cl)c(Cl)cc2C1=O. The Hall–Kier alpha value is -1.85. The Morgan fingerprint density at radius 2 is 1.56 bits per heavy atom. The topological polar surface area (TPSA) is 74.7 Å². The van der Waals surface area contributed by atoms with E-state index >= 15 is 0 Å². The highest BCUT2D eigenvalue weighted by Crippen LogP contribution is 2.31. The molecule has 0 radical (unpaired) electrons. The number of halogens is 2. The molecule has 1 aliphatic heterocycles. The first-order valence-electron chi connectivity index (χ1n) is 4.70. The number of benzene rings is 1. The first-order valence-corrected chi connectivity index (χ1v) is 5.45. The molecule has 18 heavy (non-hydrogen) atoms. The van der Waals surface area contributed by atoms with Crippen LogP contribution in [0, 0.1) is 0 Å². The molecule has 2 amide bonds. The Morgan fingerprint density at radius 1 is 1.11 bits per heavy atom. The van der Waals surface area contributed by atoms with Gasteiger partial charge in [-0.15, -0.1) is 0 Å². The first-order chi connectivity index (χ1) is 8.41. The molecule has 1 heterocycles. The van der Waals surface area contributed by atoms with Gasteiger partial charge >= 0.3 is 5.97 Å². The van der Waals surface area contributed by atoms with Crippen molar-refractivity contribution in [2.24, 2.45) is 0 Å². The molecule has 0 spiro atoms. The molecule has 0 unspecified atom stereocenters.